The fourth-order valence-corrected chi connectivity index (χ4v) is 2.80. The molecule has 142 valence electrons. The third-order valence-corrected chi connectivity index (χ3v) is 4.50. The van der Waals surface area contributed by atoms with E-state index in [-0.39, 0.29) is 0 Å². The Morgan fingerprint density at radius 2 is 1.92 bits per heavy atom. The van der Waals surface area contributed by atoms with Crippen molar-refractivity contribution in [3.63, 3.8) is 0 Å². The molecule has 0 amide bonds. The van der Waals surface area contributed by atoms with Gasteiger partial charge in [0.2, 0.25) is 0 Å². The molecule has 25 heavy (non-hydrogen) atoms. The van der Waals surface area contributed by atoms with Gasteiger partial charge < -0.3 is 16.0 Å². The van der Waals surface area contributed by atoms with E-state index in [2.05, 4.69) is 49.5 Å². The summed E-state index contributed by atoms with van der Waals surface area (Å²) in [6, 6.07) is 0. The number of hydrogen-bond acceptors (Lipinski definition) is 5. The second-order valence-corrected chi connectivity index (χ2v) is 6.94. The van der Waals surface area contributed by atoms with Crippen molar-refractivity contribution in [3.8, 4) is 0 Å². The van der Waals surface area contributed by atoms with E-state index in [1.54, 1.807) is 0 Å². The van der Waals surface area contributed by atoms with Crippen molar-refractivity contribution in [2.45, 2.75) is 66.7 Å². The molecule has 5 heteroatoms. The zero-order valence-corrected chi connectivity index (χ0v) is 16.9. The number of anilines is 2. The van der Waals surface area contributed by atoms with Crippen molar-refractivity contribution in [1.82, 2.24) is 15.3 Å². The van der Waals surface area contributed by atoms with E-state index >= 15 is 0 Å². The Morgan fingerprint density at radius 3 is 2.52 bits per heavy atom. The summed E-state index contributed by atoms with van der Waals surface area (Å²) in [4.78, 5) is 11.7. The highest BCUT2D eigenvalue weighted by atomic mass is 15.2. The van der Waals surface area contributed by atoms with Crippen molar-refractivity contribution >= 4 is 17.3 Å². The van der Waals surface area contributed by atoms with Gasteiger partial charge >= 0.3 is 0 Å². The van der Waals surface area contributed by atoms with Crippen molar-refractivity contribution in [1.29, 1.82) is 0 Å². The largest absolute Gasteiger partial charge is 0.384 e. The van der Waals surface area contributed by atoms with Gasteiger partial charge in [0.1, 0.15) is 5.69 Å². The molecule has 0 saturated carbocycles. The highest BCUT2D eigenvalue weighted by Crippen LogP contribution is 2.23. The zero-order chi connectivity index (χ0) is 18.8. The third-order valence-electron chi connectivity index (χ3n) is 4.50. The Balaban J connectivity index is 2.94. The van der Waals surface area contributed by atoms with Crippen molar-refractivity contribution in [2.24, 2.45) is 5.92 Å². The standard InChI is InChI=1S/C20H37N5/c1-7-10-11-12-22-16(5)18-19(21)24-20(17(6)23-18)25(13-8-2)14-15(4)9-3/h15,22H,5,7-14H2,1-4,6H3,(H2,21,24). The minimum Gasteiger partial charge on any atom is -0.384 e. The Kier molecular flexibility index (Phi) is 9.32. The Bertz CT molecular complexity index is 541. The minimum atomic E-state index is 0.457. The lowest BCUT2D eigenvalue weighted by Gasteiger charge is -2.28. The average molecular weight is 348 g/mol. The van der Waals surface area contributed by atoms with Crippen LogP contribution in [0.3, 0.4) is 0 Å². The molecule has 0 bridgehead atoms. The normalized spacial score (nSPS) is 12.0. The van der Waals surface area contributed by atoms with Gasteiger partial charge in [-0.05, 0) is 25.7 Å². The molecule has 0 saturated heterocycles. The van der Waals surface area contributed by atoms with Crippen LogP contribution in [0.25, 0.3) is 5.70 Å². The van der Waals surface area contributed by atoms with Crippen LogP contribution < -0.4 is 16.0 Å². The summed E-state index contributed by atoms with van der Waals surface area (Å²) < 4.78 is 0. The number of hydrogen-bond donors (Lipinski definition) is 2. The molecule has 0 aromatic carbocycles. The fourth-order valence-electron chi connectivity index (χ4n) is 2.80. The first-order chi connectivity index (χ1) is 11.9. The smallest absolute Gasteiger partial charge is 0.154 e. The molecule has 1 atom stereocenters. The van der Waals surface area contributed by atoms with Crippen molar-refractivity contribution < 1.29 is 0 Å². The molecule has 0 fully saturated rings. The molecule has 1 rings (SSSR count). The van der Waals surface area contributed by atoms with Crippen LogP contribution in [-0.4, -0.2) is 29.6 Å². The number of aromatic nitrogens is 2. The van der Waals surface area contributed by atoms with Crippen LogP contribution in [0.15, 0.2) is 6.58 Å². The lowest BCUT2D eigenvalue weighted by atomic mass is 10.1. The van der Waals surface area contributed by atoms with Gasteiger partial charge in [-0.15, -0.1) is 0 Å². The first-order valence-corrected chi connectivity index (χ1v) is 9.76. The van der Waals surface area contributed by atoms with Gasteiger partial charge in [0.05, 0.1) is 11.4 Å². The number of nitrogens with one attached hydrogen (secondary N) is 1. The third kappa shape index (κ3) is 6.56. The topological polar surface area (TPSA) is 67.1 Å². The van der Waals surface area contributed by atoms with E-state index in [0.717, 1.165) is 56.1 Å². The van der Waals surface area contributed by atoms with E-state index < -0.39 is 0 Å². The minimum absolute atomic E-state index is 0.457. The van der Waals surface area contributed by atoms with Gasteiger partial charge in [0.15, 0.2) is 11.6 Å². The van der Waals surface area contributed by atoms with Crippen LogP contribution in [0.1, 0.15) is 71.2 Å². The molecular weight excluding hydrogens is 310 g/mol. The maximum absolute atomic E-state index is 6.22. The van der Waals surface area contributed by atoms with Crippen LogP contribution in [0, 0.1) is 12.8 Å². The molecule has 0 radical (unpaired) electrons. The first-order valence-electron chi connectivity index (χ1n) is 9.76. The number of nitrogens with two attached hydrogens (primary N) is 1. The lowest BCUT2D eigenvalue weighted by molar-refractivity contribution is 0.537. The maximum atomic E-state index is 6.22. The van der Waals surface area contributed by atoms with Crippen molar-refractivity contribution in [3.05, 3.63) is 18.0 Å². The Morgan fingerprint density at radius 1 is 1.20 bits per heavy atom. The molecule has 0 aliphatic rings. The predicted molar refractivity (Wildman–Crippen MR) is 110 cm³/mol. The first kappa shape index (κ1) is 21.3. The molecule has 3 N–H and O–H groups in total. The second kappa shape index (κ2) is 11.0. The molecule has 1 unspecified atom stereocenters. The van der Waals surface area contributed by atoms with Crippen LogP contribution in [0.4, 0.5) is 11.6 Å². The van der Waals surface area contributed by atoms with Gasteiger partial charge in [0, 0.05) is 19.6 Å². The summed E-state index contributed by atoms with van der Waals surface area (Å²) in [7, 11) is 0. The summed E-state index contributed by atoms with van der Waals surface area (Å²) in [5, 5.41) is 3.33. The van der Waals surface area contributed by atoms with Gasteiger partial charge in [-0.25, -0.2) is 9.97 Å². The van der Waals surface area contributed by atoms with Crippen molar-refractivity contribution in [2.75, 3.05) is 30.3 Å². The molecule has 1 aromatic rings. The lowest BCUT2D eigenvalue weighted by Crippen LogP contribution is -2.31. The van der Waals surface area contributed by atoms with E-state index in [1.165, 1.54) is 12.8 Å². The Labute approximate surface area is 154 Å². The van der Waals surface area contributed by atoms with Crippen LogP contribution in [0.5, 0.6) is 0 Å². The molecule has 0 aliphatic carbocycles. The number of rotatable bonds is 12. The SMILES string of the molecule is C=C(NCCCCC)c1nc(C)c(N(CCC)CC(C)CC)nc1N. The van der Waals surface area contributed by atoms with E-state index in [0.29, 0.717) is 17.4 Å². The average Bonchev–Trinajstić information content (AvgIpc) is 2.59. The molecular formula is C20H37N5. The molecule has 0 aliphatic heterocycles. The summed E-state index contributed by atoms with van der Waals surface area (Å²) in [5.74, 6) is 1.98. The molecule has 0 spiro atoms. The van der Waals surface area contributed by atoms with Gasteiger partial charge in [-0.1, -0.05) is 53.5 Å². The van der Waals surface area contributed by atoms with Crippen LogP contribution in [0.2, 0.25) is 0 Å². The van der Waals surface area contributed by atoms with E-state index in [1.807, 2.05) is 6.92 Å². The number of nitrogens with zero attached hydrogens (tertiary/aromatic N) is 3. The summed E-state index contributed by atoms with van der Waals surface area (Å²) >= 11 is 0. The molecule has 1 heterocycles. The summed E-state index contributed by atoms with van der Waals surface area (Å²) in [6.45, 7) is 17.8. The van der Waals surface area contributed by atoms with Gasteiger partial charge in [-0.2, -0.15) is 0 Å². The quantitative estimate of drug-likeness (QED) is 0.549. The summed E-state index contributed by atoms with van der Waals surface area (Å²) in [5.41, 5.74) is 8.57. The van der Waals surface area contributed by atoms with Crippen LogP contribution >= 0.6 is 0 Å². The Hall–Kier alpha value is -1.78. The van der Waals surface area contributed by atoms with E-state index in [9.17, 15) is 0 Å². The maximum Gasteiger partial charge on any atom is 0.154 e. The molecule has 5 nitrogen and oxygen atoms in total. The highest BCUT2D eigenvalue weighted by molar-refractivity contribution is 5.69. The predicted octanol–water partition coefficient (Wildman–Crippen LogP) is 4.38. The summed E-state index contributed by atoms with van der Waals surface area (Å²) in [6.07, 6.45) is 5.76. The van der Waals surface area contributed by atoms with Gasteiger partial charge in [0.25, 0.3) is 0 Å². The second-order valence-electron chi connectivity index (χ2n) is 6.94. The van der Waals surface area contributed by atoms with Crippen LogP contribution in [-0.2, 0) is 0 Å². The highest BCUT2D eigenvalue weighted by Gasteiger charge is 2.17. The van der Waals surface area contributed by atoms with E-state index in [4.69, 9.17) is 10.7 Å². The molecule has 1 aromatic heterocycles. The number of nitrogen functional groups attached to an aromatic ring is 1. The van der Waals surface area contributed by atoms with Gasteiger partial charge in [-0.3, -0.25) is 0 Å². The monoisotopic (exact) mass is 347 g/mol. The number of aryl methyl sites for hydroxylation is 1. The number of unbranched alkanes of at least 4 members (excludes halogenated alkanes) is 2. The fraction of sp³-hybridized carbons (Fsp3) is 0.700. The zero-order valence-electron chi connectivity index (χ0n) is 16.9.